The van der Waals surface area contributed by atoms with Gasteiger partial charge in [0.2, 0.25) is 0 Å². The van der Waals surface area contributed by atoms with Crippen LogP contribution in [0.1, 0.15) is 12.5 Å². The minimum Gasteiger partial charge on any atom is -0.435 e. The Morgan fingerprint density at radius 1 is 1.11 bits per heavy atom. The van der Waals surface area contributed by atoms with E-state index >= 15 is 0 Å². The highest BCUT2D eigenvalue weighted by atomic mass is 16.5. The highest BCUT2D eigenvalue weighted by Gasteiger charge is 1.82. The van der Waals surface area contributed by atoms with E-state index in [1.807, 2.05) is 24.3 Å². The van der Waals surface area contributed by atoms with Gasteiger partial charge in [-0.1, -0.05) is 68.3 Å². The predicted molar refractivity (Wildman–Crippen MR) is 82.7 cm³/mol. The van der Waals surface area contributed by atoms with E-state index in [0.717, 1.165) is 12.7 Å². The number of carbonyl (C=O) groups is 1. The van der Waals surface area contributed by atoms with E-state index in [4.69, 9.17) is 0 Å². The van der Waals surface area contributed by atoms with Crippen molar-refractivity contribution in [1.82, 2.24) is 0 Å². The third kappa shape index (κ3) is 18.2. The fourth-order valence-corrected chi connectivity index (χ4v) is 0.898. The molecule has 0 N–H and O–H groups in total. The van der Waals surface area contributed by atoms with Gasteiger partial charge in [0.15, 0.2) is 0 Å². The van der Waals surface area contributed by atoms with Crippen molar-refractivity contribution in [3.05, 3.63) is 86.7 Å². The average molecular weight is 258 g/mol. The van der Waals surface area contributed by atoms with Crippen molar-refractivity contribution >= 4 is 5.97 Å². The maximum Gasteiger partial charge on any atom is 0.307 e. The SMILES string of the molecule is C=CC=C.C=CCc1ccccc1.C=COC(C)=O. The van der Waals surface area contributed by atoms with E-state index in [9.17, 15) is 4.79 Å². The first-order chi connectivity index (χ1) is 9.12. The minimum atomic E-state index is -0.329. The number of rotatable bonds is 4. The summed E-state index contributed by atoms with van der Waals surface area (Å²) in [6.07, 6.45) is 7.26. The first-order valence-electron chi connectivity index (χ1n) is 5.78. The van der Waals surface area contributed by atoms with Gasteiger partial charge in [0.25, 0.3) is 0 Å². The largest absolute Gasteiger partial charge is 0.435 e. The fraction of sp³-hybridized carbons (Fsp3) is 0.118. The predicted octanol–water partition coefficient (Wildman–Crippen LogP) is 4.47. The van der Waals surface area contributed by atoms with Crippen LogP contribution in [-0.2, 0) is 16.0 Å². The van der Waals surface area contributed by atoms with Crippen molar-refractivity contribution in [3.8, 4) is 0 Å². The van der Waals surface area contributed by atoms with Crippen LogP contribution in [0.4, 0.5) is 0 Å². The lowest BCUT2D eigenvalue weighted by molar-refractivity contribution is -0.135. The van der Waals surface area contributed by atoms with E-state index in [0.29, 0.717) is 0 Å². The number of benzene rings is 1. The van der Waals surface area contributed by atoms with Crippen LogP contribution in [0, 0.1) is 0 Å². The van der Waals surface area contributed by atoms with Crippen LogP contribution in [0.15, 0.2) is 81.1 Å². The van der Waals surface area contributed by atoms with Crippen molar-refractivity contribution in [2.75, 3.05) is 0 Å². The molecule has 102 valence electrons. The lowest BCUT2D eigenvalue weighted by Crippen LogP contribution is -1.87. The lowest BCUT2D eigenvalue weighted by atomic mass is 10.2. The number of hydrogen-bond donors (Lipinski definition) is 0. The zero-order valence-corrected chi connectivity index (χ0v) is 11.5. The Morgan fingerprint density at radius 2 is 1.63 bits per heavy atom. The number of allylic oxidation sites excluding steroid dienone is 3. The topological polar surface area (TPSA) is 26.3 Å². The van der Waals surface area contributed by atoms with Crippen LogP contribution in [0.25, 0.3) is 0 Å². The summed E-state index contributed by atoms with van der Waals surface area (Å²) in [7, 11) is 0. The second-order valence-electron chi connectivity index (χ2n) is 3.23. The van der Waals surface area contributed by atoms with Gasteiger partial charge in [0.1, 0.15) is 0 Å². The quantitative estimate of drug-likeness (QED) is 0.345. The van der Waals surface area contributed by atoms with Gasteiger partial charge < -0.3 is 4.74 Å². The van der Waals surface area contributed by atoms with Crippen molar-refractivity contribution in [1.29, 1.82) is 0 Å². The third-order valence-corrected chi connectivity index (χ3v) is 1.64. The van der Waals surface area contributed by atoms with E-state index in [2.05, 4.69) is 43.2 Å². The molecule has 0 saturated carbocycles. The molecule has 19 heavy (non-hydrogen) atoms. The number of hydrogen-bond acceptors (Lipinski definition) is 2. The first kappa shape index (κ1) is 19.0. The molecule has 0 aromatic heterocycles. The second-order valence-corrected chi connectivity index (χ2v) is 3.23. The summed E-state index contributed by atoms with van der Waals surface area (Å²) < 4.78 is 4.17. The molecule has 0 heterocycles. The summed E-state index contributed by atoms with van der Waals surface area (Å²) in [6, 6.07) is 10.3. The van der Waals surface area contributed by atoms with Crippen molar-refractivity contribution in [2.24, 2.45) is 0 Å². The van der Waals surface area contributed by atoms with Crippen LogP contribution >= 0.6 is 0 Å². The molecule has 2 nitrogen and oxygen atoms in total. The zero-order chi connectivity index (χ0) is 14.9. The standard InChI is InChI=1S/C9H10.C4H6O2.C4H6/c1-2-6-9-7-4-3-5-8-9;1-3-6-4(2)5;1-3-4-2/h2-5,7-8H,1,6H2;3H,1H2,2H3;3-4H,1-2H2. The van der Waals surface area contributed by atoms with Crippen molar-refractivity contribution in [3.63, 3.8) is 0 Å². The van der Waals surface area contributed by atoms with Crippen LogP contribution in [0.2, 0.25) is 0 Å². The maximum absolute atomic E-state index is 9.75. The molecule has 0 unspecified atom stereocenters. The summed E-state index contributed by atoms with van der Waals surface area (Å²) in [5.74, 6) is -0.329. The Morgan fingerprint density at radius 3 is 1.89 bits per heavy atom. The van der Waals surface area contributed by atoms with E-state index < -0.39 is 0 Å². The molecule has 1 aromatic carbocycles. The lowest BCUT2D eigenvalue weighted by Gasteiger charge is -1.91. The molecular formula is C17H22O2. The van der Waals surface area contributed by atoms with Crippen molar-refractivity contribution < 1.29 is 9.53 Å². The van der Waals surface area contributed by atoms with Crippen LogP contribution < -0.4 is 0 Å². The molecular weight excluding hydrogens is 236 g/mol. The third-order valence-electron chi connectivity index (χ3n) is 1.64. The van der Waals surface area contributed by atoms with Crippen LogP contribution in [-0.4, -0.2) is 5.97 Å². The Labute approximate surface area is 116 Å². The summed E-state index contributed by atoms with van der Waals surface area (Å²) in [4.78, 5) is 9.75. The fourth-order valence-electron chi connectivity index (χ4n) is 0.898. The van der Waals surface area contributed by atoms with Gasteiger partial charge in [0.05, 0.1) is 6.26 Å². The molecule has 2 heteroatoms. The molecule has 0 atom stereocenters. The average Bonchev–Trinajstić information content (AvgIpc) is 2.41. The van der Waals surface area contributed by atoms with Gasteiger partial charge in [0, 0.05) is 6.92 Å². The molecule has 0 aliphatic heterocycles. The van der Waals surface area contributed by atoms with Gasteiger partial charge >= 0.3 is 5.97 Å². The van der Waals surface area contributed by atoms with Crippen molar-refractivity contribution in [2.45, 2.75) is 13.3 Å². The van der Waals surface area contributed by atoms with E-state index in [1.54, 1.807) is 12.2 Å². The molecule has 0 fully saturated rings. The first-order valence-corrected chi connectivity index (χ1v) is 5.78. The molecule has 1 rings (SSSR count). The summed E-state index contributed by atoms with van der Waals surface area (Å²) in [6.45, 7) is 14.9. The molecule has 0 saturated heterocycles. The Hall–Kier alpha value is -2.35. The molecule has 0 amide bonds. The monoisotopic (exact) mass is 258 g/mol. The van der Waals surface area contributed by atoms with E-state index in [1.165, 1.54) is 12.5 Å². The number of ether oxygens (including phenoxy) is 1. The second kappa shape index (κ2) is 15.6. The van der Waals surface area contributed by atoms with Crippen LogP contribution in [0.5, 0.6) is 0 Å². The molecule has 0 aliphatic carbocycles. The summed E-state index contributed by atoms with van der Waals surface area (Å²) >= 11 is 0. The number of carbonyl (C=O) groups excluding carboxylic acids is 1. The summed E-state index contributed by atoms with van der Waals surface area (Å²) in [5, 5.41) is 0. The molecule has 0 radical (unpaired) electrons. The Kier molecular flexibility index (Phi) is 15.7. The minimum absolute atomic E-state index is 0.329. The zero-order valence-electron chi connectivity index (χ0n) is 11.5. The van der Waals surface area contributed by atoms with Gasteiger partial charge in [-0.15, -0.1) is 6.58 Å². The van der Waals surface area contributed by atoms with Gasteiger partial charge in [-0.05, 0) is 12.0 Å². The van der Waals surface area contributed by atoms with Crippen LogP contribution in [0.3, 0.4) is 0 Å². The van der Waals surface area contributed by atoms with Gasteiger partial charge in [-0.2, -0.15) is 0 Å². The highest BCUT2D eigenvalue weighted by Crippen LogP contribution is 1.98. The summed E-state index contributed by atoms with van der Waals surface area (Å²) in [5.41, 5.74) is 1.33. The molecule has 1 aromatic rings. The Balaban J connectivity index is 0. The normalized spacial score (nSPS) is 7.42. The van der Waals surface area contributed by atoms with E-state index in [-0.39, 0.29) is 5.97 Å². The smallest absolute Gasteiger partial charge is 0.307 e. The van der Waals surface area contributed by atoms with Gasteiger partial charge in [-0.25, -0.2) is 0 Å². The Bertz CT molecular complexity index is 372. The number of esters is 1. The maximum atomic E-state index is 9.75. The molecule has 0 spiro atoms. The van der Waals surface area contributed by atoms with Gasteiger partial charge in [-0.3, -0.25) is 4.79 Å². The highest BCUT2D eigenvalue weighted by molar-refractivity contribution is 5.66. The molecule has 0 aliphatic rings. The molecule has 0 bridgehead atoms.